The third-order valence-electron chi connectivity index (χ3n) is 5.70. The Kier molecular flexibility index (Phi) is 6.43. The van der Waals surface area contributed by atoms with Gasteiger partial charge in [0.1, 0.15) is 5.00 Å². The van der Waals surface area contributed by atoms with Gasteiger partial charge in [-0.3, -0.25) is 4.79 Å². The quantitative estimate of drug-likeness (QED) is 0.759. The number of ether oxygens (including phenoxy) is 1. The Morgan fingerprint density at radius 2 is 1.82 bits per heavy atom. The SMILES string of the molecule is CC(C)OC(=O)c1c(NC(=O)[C@H]2CCCC[C@@H]2C(=O)[O-])sc2c1CC[C@@H](C)C2. The molecule has 0 spiro atoms. The van der Waals surface area contributed by atoms with Gasteiger partial charge in [-0.2, -0.15) is 0 Å². The summed E-state index contributed by atoms with van der Waals surface area (Å²) in [6.45, 7) is 5.77. The van der Waals surface area contributed by atoms with Crippen molar-refractivity contribution in [2.45, 2.75) is 71.8 Å². The van der Waals surface area contributed by atoms with Gasteiger partial charge < -0.3 is 20.0 Å². The van der Waals surface area contributed by atoms with Crippen molar-refractivity contribution < 1.29 is 24.2 Å². The van der Waals surface area contributed by atoms with Crippen LogP contribution in [0.1, 0.15) is 73.7 Å². The van der Waals surface area contributed by atoms with E-state index < -0.39 is 23.8 Å². The van der Waals surface area contributed by atoms with E-state index in [0.29, 0.717) is 29.3 Å². The number of hydrogen-bond acceptors (Lipinski definition) is 6. The molecule has 0 aliphatic heterocycles. The van der Waals surface area contributed by atoms with Crippen LogP contribution in [0.15, 0.2) is 0 Å². The summed E-state index contributed by atoms with van der Waals surface area (Å²) in [5, 5.41) is 14.8. The first-order valence-corrected chi connectivity index (χ1v) is 11.0. The molecule has 2 aliphatic carbocycles. The number of carboxylic acid groups (broad SMARTS) is 1. The number of hydrogen-bond donors (Lipinski definition) is 1. The normalized spacial score (nSPS) is 24.5. The maximum Gasteiger partial charge on any atom is 0.341 e. The molecular weight excluding hydrogens is 378 g/mol. The lowest BCUT2D eigenvalue weighted by Gasteiger charge is -2.31. The van der Waals surface area contributed by atoms with E-state index in [0.717, 1.165) is 42.5 Å². The summed E-state index contributed by atoms with van der Waals surface area (Å²) in [6, 6.07) is 0. The van der Waals surface area contributed by atoms with Gasteiger partial charge in [0.2, 0.25) is 5.91 Å². The van der Waals surface area contributed by atoms with Gasteiger partial charge in [0.05, 0.1) is 11.7 Å². The van der Waals surface area contributed by atoms with Crippen molar-refractivity contribution in [1.29, 1.82) is 0 Å². The molecule has 3 rings (SSSR count). The second-order valence-electron chi connectivity index (χ2n) is 8.32. The Labute approximate surface area is 169 Å². The van der Waals surface area contributed by atoms with Crippen LogP contribution in [0.3, 0.4) is 0 Å². The van der Waals surface area contributed by atoms with E-state index in [-0.39, 0.29) is 12.0 Å². The van der Waals surface area contributed by atoms with Crippen LogP contribution in [0.25, 0.3) is 0 Å². The van der Waals surface area contributed by atoms with E-state index in [9.17, 15) is 19.5 Å². The van der Waals surface area contributed by atoms with Crippen molar-refractivity contribution in [3.63, 3.8) is 0 Å². The predicted molar refractivity (Wildman–Crippen MR) is 105 cm³/mol. The van der Waals surface area contributed by atoms with E-state index in [1.165, 1.54) is 11.3 Å². The molecule has 0 saturated heterocycles. The fourth-order valence-electron chi connectivity index (χ4n) is 4.26. The van der Waals surface area contributed by atoms with E-state index in [1.54, 1.807) is 13.8 Å². The highest BCUT2D eigenvalue weighted by molar-refractivity contribution is 7.17. The molecule has 0 bridgehead atoms. The van der Waals surface area contributed by atoms with Gasteiger partial charge in [-0.25, -0.2) is 4.79 Å². The molecule has 1 N–H and O–H groups in total. The van der Waals surface area contributed by atoms with Crippen LogP contribution in [0, 0.1) is 17.8 Å². The molecule has 1 aromatic rings. The monoisotopic (exact) mass is 406 g/mol. The zero-order valence-corrected chi connectivity index (χ0v) is 17.5. The molecule has 0 unspecified atom stereocenters. The van der Waals surface area contributed by atoms with Gasteiger partial charge in [0.25, 0.3) is 0 Å². The van der Waals surface area contributed by atoms with Crippen LogP contribution < -0.4 is 10.4 Å². The van der Waals surface area contributed by atoms with Crippen LogP contribution in [-0.4, -0.2) is 23.9 Å². The summed E-state index contributed by atoms with van der Waals surface area (Å²) in [7, 11) is 0. The van der Waals surface area contributed by atoms with E-state index >= 15 is 0 Å². The smallest absolute Gasteiger partial charge is 0.341 e. The number of carboxylic acids is 1. The summed E-state index contributed by atoms with van der Waals surface area (Å²) in [5.74, 6) is -2.78. The first-order valence-electron chi connectivity index (χ1n) is 10.1. The molecule has 1 aromatic heterocycles. The Morgan fingerprint density at radius 3 is 2.46 bits per heavy atom. The van der Waals surface area contributed by atoms with Crippen LogP contribution in [0.4, 0.5) is 5.00 Å². The van der Waals surface area contributed by atoms with Crippen molar-refractivity contribution in [3.8, 4) is 0 Å². The Hall–Kier alpha value is -1.89. The number of fused-ring (bicyclic) bond motifs is 1. The highest BCUT2D eigenvalue weighted by Crippen LogP contribution is 2.41. The van der Waals surface area contributed by atoms with Gasteiger partial charge in [-0.05, 0) is 57.4 Å². The number of nitrogens with one attached hydrogen (secondary N) is 1. The molecule has 7 heteroatoms. The maximum absolute atomic E-state index is 12.9. The number of aliphatic carboxylic acids is 1. The lowest BCUT2D eigenvalue weighted by Crippen LogP contribution is -2.42. The molecule has 2 aliphatic rings. The second kappa shape index (κ2) is 8.64. The lowest BCUT2D eigenvalue weighted by molar-refractivity contribution is -0.313. The van der Waals surface area contributed by atoms with Gasteiger partial charge in [0, 0.05) is 22.7 Å². The molecule has 1 fully saturated rings. The van der Waals surface area contributed by atoms with E-state index in [2.05, 4.69) is 12.2 Å². The maximum atomic E-state index is 12.9. The fraction of sp³-hybridized carbons (Fsp3) is 0.667. The minimum Gasteiger partial charge on any atom is -0.550 e. The highest BCUT2D eigenvalue weighted by atomic mass is 32.1. The largest absolute Gasteiger partial charge is 0.550 e. The first kappa shape index (κ1) is 20.8. The van der Waals surface area contributed by atoms with Crippen molar-refractivity contribution >= 4 is 34.2 Å². The number of carbonyl (C=O) groups is 3. The lowest BCUT2D eigenvalue weighted by atomic mass is 9.78. The number of thiophene rings is 1. The van der Waals surface area contributed by atoms with Gasteiger partial charge in [0.15, 0.2) is 0 Å². The second-order valence-corrected chi connectivity index (χ2v) is 9.42. The van der Waals surface area contributed by atoms with Gasteiger partial charge >= 0.3 is 5.97 Å². The zero-order valence-electron chi connectivity index (χ0n) is 16.7. The highest BCUT2D eigenvalue weighted by Gasteiger charge is 2.34. The number of amides is 1. The average molecular weight is 407 g/mol. The predicted octanol–water partition coefficient (Wildman–Crippen LogP) is 2.93. The molecule has 3 atom stereocenters. The minimum absolute atomic E-state index is 0.255. The van der Waals surface area contributed by atoms with Crippen molar-refractivity contribution in [3.05, 3.63) is 16.0 Å². The zero-order chi connectivity index (χ0) is 20.4. The third kappa shape index (κ3) is 4.40. The topological polar surface area (TPSA) is 95.5 Å². The summed E-state index contributed by atoms with van der Waals surface area (Å²) < 4.78 is 5.43. The molecular formula is C21H28NO5S-. The van der Waals surface area contributed by atoms with Crippen molar-refractivity contribution in [2.24, 2.45) is 17.8 Å². The molecule has 6 nitrogen and oxygen atoms in total. The molecule has 0 aromatic carbocycles. The number of esters is 1. The Morgan fingerprint density at radius 1 is 1.14 bits per heavy atom. The standard InChI is InChI=1S/C21H29NO5S/c1-11(2)27-21(26)17-15-9-8-12(3)10-16(15)28-19(17)22-18(23)13-6-4-5-7-14(13)20(24)25/h11-14H,4-10H2,1-3H3,(H,22,23)(H,24,25)/p-1/t12-,13+,14+/m1/s1. The summed E-state index contributed by atoms with van der Waals surface area (Å²) in [4.78, 5) is 38.2. The number of anilines is 1. The molecule has 1 amide bonds. The summed E-state index contributed by atoms with van der Waals surface area (Å²) >= 11 is 1.43. The third-order valence-corrected chi connectivity index (χ3v) is 6.87. The molecule has 1 heterocycles. The van der Waals surface area contributed by atoms with Crippen LogP contribution in [-0.2, 0) is 27.2 Å². The van der Waals surface area contributed by atoms with Crippen LogP contribution in [0.5, 0.6) is 0 Å². The number of rotatable bonds is 5. The van der Waals surface area contributed by atoms with E-state index in [1.807, 2.05) is 0 Å². The first-order chi connectivity index (χ1) is 13.3. The van der Waals surface area contributed by atoms with Gasteiger partial charge in [-0.15, -0.1) is 11.3 Å². The Balaban J connectivity index is 1.89. The minimum atomic E-state index is -1.17. The molecule has 154 valence electrons. The Bertz CT molecular complexity index is 769. The molecule has 1 saturated carbocycles. The van der Waals surface area contributed by atoms with E-state index in [4.69, 9.17) is 4.74 Å². The number of carbonyl (C=O) groups excluding carboxylic acids is 3. The van der Waals surface area contributed by atoms with Gasteiger partial charge in [-0.1, -0.05) is 19.8 Å². The van der Waals surface area contributed by atoms with Crippen molar-refractivity contribution in [1.82, 2.24) is 0 Å². The molecule has 28 heavy (non-hydrogen) atoms. The molecule has 0 radical (unpaired) electrons. The average Bonchev–Trinajstić information content (AvgIpc) is 2.97. The van der Waals surface area contributed by atoms with Crippen LogP contribution >= 0.6 is 11.3 Å². The summed E-state index contributed by atoms with van der Waals surface area (Å²) in [6.07, 6.45) is 5.00. The fourth-order valence-corrected chi connectivity index (χ4v) is 5.66. The summed E-state index contributed by atoms with van der Waals surface area (Å²) in [5.41, 5.74) is 1.43. The van der Waals surface area contributed by atoms with Crippen molar-refractivity contribution in [2.75, 3.05) is 5.32 Å². The van der Waals surface area contributed by atoms with Crippen LogP contribution in [0.2, 0.25) is 0 Å².